The van der Waals surface area contributed by atoms with Gasteiger partial charge in [0.15, 0.2) is 0 Å². The van der Waals surface area contributed by atoms with Crippen LogP contribution in [0.15, 0.2) is 582 Å². The minimum atomic E-state index is -1.16. The van der Waals surface area contributed by atoms with Gasteiger partial charge in [0.25, 0.3) is 0 Å². The van der Waals surface area contributed by atoms with Crippen LogP contribution < -0.4 is 0 Å². The third kappa shape index (κ3) is 15.2. The second-order valence-corrected chi connectivity index (χ2v) is 39.2. The van der Waals surface area contributed by atoms with Crippen molar-refractivity contribution < 1.29 is 0 Å². The Morgan fingerprint density at radius 3 is 0.493 bits per heavy atom. The summed E-state index contributed by atoms with van der Waals surface area (Å²) in [7, 11) is 0. The predicted molar refractivity (Wildman–Crippen MR) is 612 cm³/mol. The van der Waals surface area contributed by atoms with Crippen molar-refractivity contribution in [3.63, 3.8) is 0 Å². The summed E-state index contributed by atoms with van der Waals surface area (Å²) in [6.45, 7) is 0. The fourth-order valence-corrected chi connectivity index (χ4v) is 24.0. The Balaban J connectivity index is 0.774. The molecule has 0 unspecified atom stereocenters. The van der Waals surface area contributed by atoms with Crippen LogP contribution >= 0.6 is 0 Å². The SMILES string of the molecule is c1ccc(-c2cc(-c3ccccc3)cc(-c3cccc(-c4cc(-c5cccc(-c6cc(-c7ccccc7)cc(-c7ccccc7)c6)c5)cc(C5(c6cc(-c7cccc(-c8cc(-c9ccccc9)cc(-c9ccccc9)c8)c7)cc(-c7cccc(-c8cc(-c9ccccc9)cc(-c9ccccc9)c8)c7)c6)c6cc(-c7ccccc7)ccc6-c6c5ccc5c6-c6ccccc6C56c5ccccc5-c5ccccc56)c4)c3)c2)cc1. The highest BCUT2D eigenvalue weighted by atomic mass is 14.6. The summed E-state index contributed by atoms with van der Waals surface area (Å²) >= 11 is 0. The monoisotopic (exact) mass is 1850 g/mol. The van der Waals surface area contributed by atoms with Crippen LogP contribution in [0.2, 0.25) is 0 Å². The Kier molecular flexibility index (Phi) is 21.6. The molecule has 680 valence electrons. The van der Waals surface area contributed by atoms with E-state index in [9.17, 15) is 0 Å². The molecule has 0 heteroatoms. The van der Waals surface area contributed by atoms with Crippen molar-refractivity contribution in [3.05, 3.63) is 627 Å². The largest absolute Gasteiger partial charge is 0.0725 e. The second kappa shape index (κ2) is 36.4. The van der Waals surface area contributed by atoms with E-state index >= 15 is 0 Å². The van der Waals surface area contributed by atoms with Crippen LogP contribution in [0.1, 0.15) is 44.5 Å². The van der Waals surface area contributed by atoms with Crippen molar-refractivity contribution in [2.45, 2.75) is 10.8 Å². The summed E-state index contributed by atoms with van der Waals surface area (Å²) in [4.78, 5) is 0. The Morgan fingerprint density at radius 1 is 0.0822 bits per heavy atom. The molecule has 0 aliphatic heterocycles. The van der Waals surface area contributed by atoms with E-state index < -0.39 is 10.8 Å². The molecule has 146 heavy (non-hydrogen) atoms. The van der Waals surface area contributed by atoms with Crippen molar-refractivity contribution in [1.29, 1.82) is 0 Å². The van der Waals surface area contributed by atoms with Crippen LogP contribution in [-0.4, -0.2) is 0 Å². The maximum Gasteiger partial charge on any atom is 0.0725 e. The zero-order valence-corrected chi connectivity index (χ0v) is 80.4. The first-order chi connectivity index (χ1) is 72.3. The molecule has 24 aromatic carbocycles. The van der Waals surface area contributed by atoms with Gasteiger partial charge in [0.05, 0.1) is 10.8 Å². The van der Waals surface area contributed by atoms with Gasteiger partial charge in [-0.1, -0.05) is 443 Å². The summed E-state index contributed by atoms with van der Waals surface area (Å²) in [5, 5.41) is 0. The van der Waals surface area contributed by atoms with Gasteiger partial charge < -0.3 is 0 Å². The molecule has 0 saturated heterocycles. The maximum absolute atomic E-state index is 2.61. The zero-order chi connectivity index (χ0) is 96.6. The van der Waals surface area contributed by atoms with E-state index in [0.29, 0.717) is 0 Å². The Morgan fingerprint density at radius 2 is 0.247 bits per heavy atom. The van der Waals surface area contributed by atoms with Gasteiger partial charge in [-0.25, -0.2) is 0 Å². The number of fused-ring (bicyclic) bond motifs is 14. The fraction of sp³-hybridized carbons (Fsp3) is 0.0137. The molecule has 0 aromatic heterocycles. The van der Waals surface area contributed by atoms with Crippen molar-refractivity contribution in [2.75, 3.05) is 0 Å². The Hall–Kier alpha value is -18.7. The normalized spacial score (nSPS) is 12.5. The standard InChI is InChI=1S/C146H96/c1-10-38-97(39-11-1)114-70-71-136-142(96-114)145(140-72-73-141-143(144(136)140)135-66-30-33-69-139(135)146(141)137-67-31-28-64-133(137)134-65-29-32-68-138(134)146,131-92-127(110-60-34-56-106(74-110)123-82-115(98-40-12-2-13-41-98)78-116(83-123)99-42-14-3-15-43-99)90-128(93-131)111-61-35-57-107(75-111)124-84-117(100-44-16-4-17-45-100)79-118(85-124)101-46-18-5-19-47-101)132-94-129(112-62-36-58-108(76-112)125-86-119(102-48-20-6-21-49-102)80-120(87-125)103-50-22-7-23-51-103)91-130(95-132)113-63-37-59-109(77-113)126-88-121(104-52-24-8-25-53-104)81-122(89-126)105-54-26-9-27-55-105/h1-96H. The lowest BCUT2D eigenvalue weighted by atomic mass is 9.65. The van der Waals surface area contributed by atoms with E-state index in [-0.39, 0.29) is 0 Å². The third-order valence-electron chi connectivity index (χ3n) is 30.8. The molecule has 0 atom stereocenters. The molecule has 0 bridgehead atoms. The maximum atomic E-state index is 2.61. The van der Waals surface area contributed by atoms with Gasteiger partial charge in [0.2, 0.25) is 0 Å². The molecule has 0 amide bonds. The summed E-state index contributed by atoms with van der Waals surface area (Å²) in [5.41, 5.74) is 53.9. The molecule has 3 aliphatic rings. The molecule has 0 fully saturated rings. The van der Waals surface area contributed by atoms with Gasteiger partial charge in [0, 0.05) is 0 Å². The number of hydrogen-bond donors (Lipinski definition) is 0. The molecule has 1 spiro atoms. The quantitative estimate of drug-likeness (QED) is 0.0757. The molecule has 3 aliphatic carbocycles. The average molecular weight is 1850 g/mol. The van der Waals surface area contributed by atoms with Crippen LogP contribution in [0.25, 0.3) is 223 Å². The first kappa shape index (κ1) is 86.4. The van der Waals surface area contributed by atoms with Gasteiger partial charge in [0.1, 0.15) is 0 Å². The van der Waals surface area contributed by atoms with Gasteiger partial charge >= 0.3 is 0 Å². The van der Waals surface area contributed by atoms with E-state index in [2.05, 4.69) is 582 Å². The van der Waals surface area contributed by atoms with Gasteiger partial charge in [-0.15, -0.1) is 0 Å². The van der Waals surface area contributed by atoms with Gasteiger partial charge in [-0.2, -0.15) is 0 Å². The minimum absolute atomic E-state index is 0.661. The Labute approximate surface area is 853 Å². The molecule has 0 N–H and O–H groups in total. The van der Waals surface area contributed by atoms with E-state index in [1.165, 1.54) is 66.8 Å². The molecule has 0 radical (unpaired) electrons. The molecule has 0 saturated carbocycles. The van der Waals surface area contributed by atoms with Crippen LogP contribution in [0.3, 0.4) is 0 Å². The highest BCUT2D eigenvalue weighted by Gasteiger charge is 2.56. The predicted octanol–water partition coefficient (Wildman–Crippen LogP) is 38.7. The summed E-state index contributed by atoms with van der Waals surface area (Å²) < 4.78 is 0. The molecular weight excluding hydrogens is 1750 g/mol. The highest BCUT2D eigenvalue weighted by molar-refractivity contribution is 6.06. The van der Waals surface area contributed by atoms with Crippen LogP contribution in [-0.2, 0) is 10.8 Å². The first-order valence-corrected chi connectivity index (χ1v) is 50.8. The fourth-order valence-electron chi connectivity index (χ4n) is 24.0. The van der Waals surface area contributed by atoms with E-state index in [0.717, 1.165) is 200 Å². The lowest BCUT2D eigenvalue weighted by Gasteiger charge is -2.36. The molecule has 24 aromatic rings. The van der Waals surface area contributed by atoms with Crippen molar-refractivity contribution in [2.24, 2.45) is 0 Å². The lowest BCUT2D eigenvalue weighted by molar-refractivity contribution is 0.765. The molecular formula is C146H96. The zero-order valence-electron chi connectivity index (χ0n) is 80.4. The Bertz CT molecular complexity index is 8120. The molecule has 0 nitrogen and oxygen atoms in total. The summed E-state index contributed by atoms with van der Waals surface area (Å²) in [6.07, 6.45) is 0. The number of rotatable bonds is 19. The average Bonchev–Trinajstić information content (AvgIpc) is 1.48. The van der Waals surface area contributed by atoms with Crippen molar-refractivity contribution in [1.82, 2.24) is 0 Å². The smallest absolute Gasteiger partial charge is 0.0622 e. The summed E-state index contributed by atoms with van der Waals surface area (Å²) in [6, 6.07) is 221. The van der Waals surface area contributed by atoms with Crippen LogP contribution in [0.5, 0.6) is 0 Å². The second-order valence-electron chi connectivity index (χ2n) is 39.2. The van der Waals surface area contributed by atoms with Crippen molar-refractivity contribution in [3.8, 4) is 223 Å². The van der Waals surface area contributed by atoms with E-state index in [1.54, 1.807) is 0 Å². The third-order valence-corrected chi connectivity index (χ3v) is 30.8. The van der Waals surface area contributed by atoms with Crippen molar-refractivity contribution >= 4 is 0 Å². The van der Waals surface area contributed by atoms with Gasteiger partial charge in [-0.3, -0.25) is 0 Å². The summed E-state index contributed by atoms with van der Waals surface area (Å²) in [5.74, 6) is 0. The molecule has 0 heterocycles. The lowest BCUT2D eigenvalue weighted by Crippen LogP contribution is -2.29. The van der Waals surface area contributed by atoms with Gasteiger partial charge in [-0.05, 0) is 407 Å². The van der Waals surface area contributed by atoms with Crippen LogP contribution in [0.4, 0.5) is 0 Å². The minimum Gasteiger partial charge on any atom is -0.0622 e. The number of benzene rings is 24. The highest BCUT2D eigenvalue weighted by Crippen LogP contribution is 2.69. The molecule has 27 rings (SSSR count). The number of hydrogen-bond acceptors (Lipinski definition) is 0. The van der Waals surface area contributed by atoms with E-state index in [1.807, 2.05) is 0 Å². The van der Waals surface area contributed by atoms with E-state index in [4.69, 9.17) is 0 Å². The topological polar surface area (TPSA) is 0 Å². The van der Waals surface area contributed by atoms with Crippen LogP contribution in [0, 0.1) is 0 Å². The first-order valence-electron chi connectivity index (χ1n) is 50.8.